The molecule has 2 atom stereocenters. The number of carbonyl (C=O) groups excluding carboxylic acids is 4. The molecule has 0 radical (unpaired) electrons. The van der Waals surface area contributed by atoms with Gasteiger partial charge >= 0.3 is 12.2 Å². The number of aromatic nitrogens is 1. The summed E-state index contributed by atoms with van der Waals surface area (Å²) in [5, 5.41) is 4.25. The van der Waals surface area contributed by atoms with Gasteiger partial charge in [0.05, 0.1) is 6.04 Å². The second-order valence-corrected chi connectivity index (χ2v) is 11.9. The van der Waals surface area contributed by atoms with Crippen LogP contribution in [0.25, 0.3) is 22.0 Å². The molecule has 1 N–H and O–H groups in total. The molecule has 2 heterocycles. The molecule has 2 amide bonds. The molecule has 1 fully saturated rings. The number of benzene rings is 4. The van der Waals surface area contributed by atoms with Gasteiger partial charge in [0.15, 0.2) is 0 Å². The van der Waals surface area contributed by atoms with Crippen LogP contribution in [0.2, 0.25) is 0 Å². The third-order valence-electron chi connectivity index (χ3n) is 8.98. The fourth-order valence-corrected chi connectivity index (χ4v) is 6.34. The van der Waals surface area contributed by atoms with Crippen molar-refractivity contribution in [1.82, 2.24) is 14.8 Å². The zero-order valence-corrected chi connectivity index (χ0v) is 26.9. The van der Waals surface area contributed by atoms with Crippen molar-refractivity contribution in [3.05, 3.63) is 131 Å². The van der Waals surface area contributed by atoms with Crippen LogP contribution in [0.3, 0.4) is 0 Å². The Balaban J connectivity index is 0.00000139. The minimum Gasteiger partial charge on any atom is -0.445 e. The lowest BCUT2D eigenvalue weighted by atomic mass is 10.0. The third kappa shape index (κ3) is 7.68. The van der Waals surface area contributed by atoms with Crippen LogP contribution in [0, 0.1) is 13.8 Å². The Hall–Kier alpha value is -5.46. The van der Waals surface area contributed by atoms with Gasteiger partial charge in [-0.15, -0.1) is 0 Å². The number of ether oxygens (including phenoxy) is 1. The molecule has 5 aromatic rings. The first kappa shape index (κ1) is 32.9. The second kappa shape index (κ2) is 15.2. The van der Waals surface area contributed by atoms with Crippen molar-refractivity contribution in [2.24, 2.45) is 0 Å². The summed E-state index contributed by atoms with van der Waals surface area (Å²) < 4.78 is 7.92. The molecule has 0 unspecified atom stereocenters. The molecular formula is C39H39N3O5. The standard InChI is InChI=1S/C38H39N3O3.CO2/c1-26-28(3)41(24-29-16-18-32(19-17-29)31-13-8-5-9-14-31)36-21-20-33(23-34(26)36)37(42)39-27(2)35-15-10-22-40(35)38(43)44-25-30-11-6-4-7-12-30;2-1-3/h4-9,11-14,16-21,23,27,35H,10,15,22,24-25H2,1-3H3,(H,39,42);/t27-,35+;/m0./s1. The normalized spacial score (nSPS) is 14.5. The fraction of sp³-hybridized carbons (Fsp3) is 0.256. The summed E-state index contributed by atoms with van der Waals surface area (Å²) in [7, 11) is 0. The maximum absolute atomic E-state index is 13.4. The molecule has 1 aliphatic rings. The maximum atomic E-state index is 13.4. The lowest BCUT2D eigenvalue weighted by Crippen LogP contribution is -2.49. The van der Waals surface area contributed by atoms with Gasteiger partial charge in [0.25, 0.3) is 5.91 Å². The van der Waals surface area contributed by atoms with Gasteiger partial charge in [0, 0.05) is 41.3 Å². The highest BCUT2D eigenvalue weighted by Crippen LogP contribution is 2.29. The van der Waals surface area contributed by atoms with E-state index in [-0.39, 0.29) is 36.8 Å². The van der Waals surface area contributed by atoms with Crippen molar-refractivity contribution < 1.29 is 23.9 Å². The van der Waals surface area contributed by atoms with Crippen LogP contribution < -0.4 is 5.32 Å². The molecule has 1 aliphatic heterocycles. The Bertz CT molecular complexity index is 1860. The third-order valence-corrected chi connectivity index (χ3v) is 8.98. The predicted octanol–water partition coefficient (Wildman–Crippen LogP) is 7.31. The number of carbonyl (C=O) groups is 2. The van der Waals surface area contributed by atoms with Crippen molar-refractivity contribution in [2.45, 2.75) is 58.8 Å². The van der Waals surface area contributed by atoms with Gasteiger partial charge in [-0.3, -0.25) is 4.79 Å². The molecule has 0 spiro atoms. The summed E-state index contributed by atoms with van der Waals surface area (Å²) in [4.78, 5) is 44.4. The minimum atomic E-state index is -0.332. The van der Waals surface area contributed by atoms with Crippen molar-refractivity contribution in [2.75, 3.05) is 6.54 Å². The number of hydrogen-bond donors (Lipinski definition) is 1. The van der Waals surface area contributed by atoms with E-state index in [1.54, 1.807) is 4.90 Å². The van der Waals surface area contributed by atoms with E-state index >= 15 is 0 Å². The van der Waals surface area contributed by atoms with Gasteiger partial charge in [-0.1, -0.05) is 84.9 Å². The Morgan fingerprint density at radius 1 is 0.872 bits per heavy atom. The van der Waals surface area contributed by atoms with Crippen molar-refractivity contribution in [3.8, 4) is 11.1 Å². The Labute approximate surface area is 275 Å². The summed E-state index contributed by atoms with van der Waals surface area (Å²) in [6, 6.07) is 34.4. The van der Waals surface area contributed by atoms with Crippen LogP contribution in [0.5, 0.6) is 0 Å². The maximum Gasteiger partial charge on any atom is 0.410 e. The number of hydrogen-bond acceptors (Lipinski definition) is 5. The predicted molar refractivity (Wildman–Crippen MR) is 181 cm³/mol. The Morgan fingerprint density at radius 3 is 2.19 bits per heavy atom. The van der Waals surface area contributed by atoms with E-state index in [1.165, 1.54) is 27.9 Å². The van der Waals surface area contributed by atoms with Crippen LogP contribution in [-0.2, 0) is 27.5 Å². The van der Waals surface area contributed by atoms with Gasteiger partial charge in [0.2, 0.25) is 0 Å². The van der Waals surface area contributed by atoms with Crippen LogP contribution >= 0.6 is 0 Å². The number of fused-ring (bicyclic) bond motifs is 1. The van der Waals surface area contributed by atoms with Crippen LogP contribution in [0.4, 0.5) is 4.79 Å². The molecule has 8 heteroatoms. The summed E-state index contributed by atoms with van der Waals surface area (Å²) in [6.07, 6.45) is 1.63. The first-order valence-electron chi connectivity index (χ1n) is 15.8. The number of amides is 2. The van der Waals surface area contributed by atoms with E-state index < -0.39 is 0 Å². The molecule has 6 rings (SSSR count). The number of nitrogens with zero attached hydrogens (tertiary/aromatic N) is 2. The van der Waals surface area contributed by atoms with Crippen LogP contribution in [-0.4, -0.2) is 46.2 Å². The zero-order valence-electron chi connectivity index (χ0n) is 26.9. The lowest BCUT2D eigenvalue weighted by molar-refractivity contribution is -0.191. The van der Waals surface area contributed by atoms with Gasteiger partial charge in [0.1, 0.15) is 6.61 Å². The highest BCUT2D eigenvalue weighted by molar-refractivity contribution is 5.99. The van der Waals surface area contributed by atoms with Crippen LogP contribution in [0.1, 0.15) is 52.5 Å². The average molecular weight is 630 g/mol. The molecule has 8 nitrogen and oxygen atoms in total. The van der Waals surface area contributed by atoms with Crippen molar-refractivity contribution in [3.63, 3.8) is 0 Å². The lowest BCUT2D eigenvalue weighted by Gasteiger charge is -2.29. The highest BCUT2D eigenvalue weighted by Gasteiger charge is 2.34. The van der Waals surface area contributed by atoms with E-state index in [0.29, 0.717) is 12.1 Å². The molecule has 1 saturated heterocycles. The second-order valence-electron chi connectivity index (χ2n) is 11.9. The quantitative estimate of drug-likeness (QED) is 0.194. The minimum absolute atomic E-state index is 0.107. The summed E-state index contributed by atoms with van der Waals surface area (Å²) in [5.74, 6) is -0.134. The summed E-state index contributed by atoms with van der Waals surface area (Å²) in [6.45, 7) is 7.85. The molecular weight excluding hydrogens is 590 g/mol. The first-order chi connectivity index (χ1) is 22.8. The molecule has 1 aromatic heterocycles. The monoisotopic (exact) mass is 629 g/mol. The molecule has 0 saturated carbocycles. The van der Waals surface area contributed by atoms with Gasteiger partial charge in [-0.05, 0) is 79.6 Å². The van der Waals surface area contributed by atoms with Crippen molar-refractivity contribution in [1.29, 1.82) is 0 Å². The number of likely N-dealkylation sites (tertiary alicyclic amines) is 1. The van der Waals surface area contributed by atoms with E-state index in [2.05, 4.69) is 78.3 Å². The number of aryl methyl sites for hydroxylation is 1. The molecule has 0 aliphatic carbocycles. The van der Waals surface area contributed by atoms with E-state index in [0.717, 1.165) is 35.9 Å². The van der Waals surface area contributed by atoms with Gasteiger partial charge in [-0.25, -0.2) is 4.79 Å². The molecule has 47 heavy (non-hydrogen) atoms. The van der Waals surface area contributed by atoms with Crippen LogP contribution in [0.15, 0.2) is 103 Å². The van der Waals surface area contributed by atoms with E-state index in [1.807, 2.05) is 55.5 Å². The van der Waals surface area contributed by atoms with Gasteiger partial charge < -0.3 is 19.5 Å². The topological polar surface area (TPSA) is 97.7 Å². The number of nitrogens with one attached hydrogen (secondary N) is 1. The fourth-order valence-electron chi connectivity index (χ4n) is 6.34. The summed E-state index contributed by atoms with van der Waals surface area (Å²) in [5.41, 5.74) is 8.68. The molecule has 0 bridgehead atoms. The summed E-state index contributed by atoms with van der Waals surface area (Å²) >= 11 is 0. The van der Waals surface area contributed by atoms with Crippen molar-refractivity contribution >= 4 is 29.1 Å². The van der Waals surface area contributed by atoms with Gasteiger partial charge in [-0.2, -0.15) is 9.59 Å². The Morgan fingerprint density at radius 2 is 1.51 bits per heavy atom. The first-order valence-corrected chi connectivity index (χ1v) is 15.8. The SMILES string of the molecule is Cc1c(C)n(Cc2ccc(-c3ccccc3)cc2)c2ccc(C(=O)N[C@@H](C)[C@H]3CCCN3C(=O)OCc3ccccc3)cc12.O=C=O. The van der Waals surface area contributed by atoms with E-state index in [4.69, 9.17) is 14.3 Å². The molecule has 4 aromatic carbocycles. The van der Waals surface area contributed by atoms with E-state index in [9.17, 15) is 9.59 Å². The average Bonchev–Trinajstić information content (AvgIpc) is 3.69. The molecule has 240 valence electrons. The largest absolute Gasteiger partial charge is 0.445 e. The number of rotatable bonds is 8. The highest BCUT2D eigenvalue weighted by atomic mass is 16.6. The smallest absolute Gasteiger partial charge is 0.410 e. The Kier molecular flexibility index (Phi) is 10.7. The zero-order chi connectivity index (χ0) is 33.3.